The molecule has 0 radical (unpaired) electrons. The van der Waals surface area contributed by atoms with Gasteiger partial charge in [0.05, 0.1) is 29.4 Å². The van der Waals surface area contributed by atoms with E-state index in [4.69, 9.17) is 9.15 Å². The van der Waals surface area contributed by atoms with E-state index in [1.165, 1.54) is 28.7 Å². The van der Waals surface area contributed by atoms with Gasteiger partial charge in [-0.3, -0.25) is 9.97 Å². The second kappa shape index (κ2) is 6.91. The van der Waals surface area contributed by atoms with E-state index in [0.717, 1.165) is 0 Å². The summed E-state index contributed by atoms with van der Waals surface area (Å²) < 4.78 is 38.0. The summed E-state index contributed by atoms with van der Waals surface area (Å²) in [6, 6.07) is 4.29. The second-order valence-corrected chi connectivity index (χ2v) is 8.61. The summed E-state index contributed by atoms with van der Waals surface area (Å²) in [6.07, 6.45) is 3.35. The molecule has 1 saturated heterocycles. The molecule has 0 aliphatic carbocycles. The van der Waals surface area contributed by atoms with Crippen LogP contribution in [0.3, 0.4) is 0 Å². The summed E-state index contributed by atoms with van der Waals surface area (Å²) in [7, 11) is -0.0244. The van der Waals surface area contributed by atoms with E-state index in [1.807, 2.05) is 19.0 Å². The molecule has 1 unspecified atom stereocenters. The number of sulfonamides is 1. The molecule has 1 aromatic carbocycles. The SMILES string of the molecule is CN(C)c1cncc(OC2CCN(S(=O)(=O)c3ccc4oc(=O)[nH]c4c3)C2)n1. The largest absolute Gasteiger partial charge is 0.472 e. The number of aromatic nitrogens is 3. The van der Waals surface area contributed by atoms with Gasteiger partial charge < -0.3 is 14.1 Å². The Morgan fingerprint density at radius 2 is 2.14 bits per heavy atom. The molecule has 4 rings (SSSR count). The van der Waals surface area contributed by atoms with E-state index >= 15 is 0 Å². The van der Waals surface area contributed by atoms with E-state index in [0.29, 0.717) is 35.8 Å². The fourth-order valence-corrected chi connectivity index (χ4v) is 4.55. The molecule has 3 heterocycles. The lowest BCUT2D eigenvalue weighted by atomic mass is 10.3. The normalized spacial score (nSPS) is 17.9. The maximum Gasteiger partial charge on any atom is 0.417 e. The van der Waals surface area contributed by atoms with E-state index in [-0.39, 0.29) is 17.5 Å². The molecule has 1 fully saturated rings. The van der Waals surface area contributed by atoms with Crippen molar-refractivity contribution in [1.82, 2.24) is 19.3 Å². The third kappa shape index (κ3) is 3.45. The van der Waals surface area contributed by atoms with Crippen LogP contribution in [0.25, 0.3) is 11.1 Å². The third-order valence-corrected chi connectivity index (χ3v) is 6.34. The number of nitrogens with zero attached hydrogens (tertiary/aromatic N) is 4. The molecule has 3 aromatic rings. The number of benzene rings is 1. The highest BCUT2D eigenvalue weighted by molar-refractivity contribution is 7.89. The van der Waals surface area contributed by atoms with E-state index < -0.39 is 15.8 Å². The van der Waals surface area contributed by atoms with Gasteiger partial charge in [-0.05, 0) is 24.6 Å². The number of H-pyrrole nitrogens is 1. The molecule has 2 aromatic heterocycles. The third-order valence-electron chi connectivity index (χ3n) is 4.48. The zero-order chi connectivity index (χ0) is 19.9. The van der Waals surface area contributed by atoms with Crippen molar-refractivity contribution in [3.05, 3.63) is 41.1 Å². The van der Waals surface area contributed by atoms with E-state index in [1.54, 1.807) is 6.20 Å². The Bertz CT molecular complexity index is 1170. The maximum atomic E-state index is 12.9. The molecule has 148 valence electrons. The zero-order valence-corrected chi connectivity index (χ0v) is 16.1. The van der Waals surface area contributed by atoms with Crippen molar-refractivity contribution in [3.63, 3.8) is 0 Å². The molecule has 0 amide bonds. The Kier molecular flexibility index (Phi) is 4.55. The molecule has 0 spiro atoms. The van der Waals surface area contributed by atoms with Gasteiger partial charge in [0.25, 0.3) is 0 Å². The maximum absolute atomic E-state index is 12.9. The Balaban J connectivity index is 1.50. The summed E-state index contributed by atoms with van der Waals surface area (Å²) in [4.78, 5) is 24.1. The van der Waals surface area contributed by atoms with Gasteiger partial charge >= 0.3 is 5.76 Å². The number of rotatable bonds is 5. The van der Waals surface area contributed by atoms with Crippen LogP contribution in [0.1, 0.15) is 6.42 Å². The number of anilines is 1. The number of oxazole rings is 1. The molecule has 1 aliphatic heterocycles. The molecule has 0 bridgehead atoms. The predicted octanol–water partition coefficient (Wildman–Crippen LogP) is 0.819. The van der Waals surface area contributed by atoms with Gasteiger partial charge in [0.1, 0.15) is 6.10 Å². The van der Waals surface area contributed by atoms with Crippen molar-refractivity contribution >= 4 is 26.9 Å². The summed E-state index contributed by atoms with van der Waals surface area (Å²) in [5, 5.41) is 0. The van der Waals surface area contributed by atoms with Crippen LogP contribution in [0.15, 0.2) is 44.7 Å². The van der Waals surface area contributed by atoms with Crippen LogP contribution in [0, 0.1) is 0 Å². The number of ether oxygens (including phenoxy) is 1. The fraction of sp³-hybridized carbons (Fsp3) is 0.353. The van der Waals surface area contributed by atoms with Crippen molar-refractivity contribution in [2.45, 2.75) is 17.4 Å². The summed E-state index contributed by atoms with van der Waals surface area (Å²) in [6.45, 7) is 0.532. The quantitative estimate of drug-likeness (QED) is 0.662. The van der Waals surface area contributed by atoms with Gasteiger partial charge in [-0.25, -0.2) is 13.2 Å². The standard InChI is InChI=1S/C17H19N5O5S/c1-21(2)15-8-18-9-16(20-15)26-11-5-6-22(10-11)28(24,25)12-3-4-14-13(7-12)19-17(23)27-14/h3-4,7-9,11H,5-6,10H2,1-2H3,(H,19,23). The van der Waals surface area contributed by atoms with Crippen LogP contribution >= 0.6 is 0 Å². The van der Waals surface area contributed by atoms with Crippen LogP contribution in [-0.2, 0) is 10.0 Å². The predicted molar refractivity (Wildman–Crippen MR) is 101 cm³/mol. The molecular weight excluding hydrogens is 386 g/mol. The first kappa shape index (κ1) is 18.4. The lowest BCUT2D eigenvalue weighted by molar-refractivity contribution is 0.206. The average Bonchev–Trinajstić information content (AvgIpc) is 3.27. The van der Waals surface area contributed by atoms with Crippen molar-refractivity contribution in [2.75, 3.05) is 32.1 Å². The topological polar surface area (TPSA) is 122 Å². The molecule has 28 heavy (non-hydrogen) atoms. The monoisotopic (exact) mass is 405 g/mol. The first-order chi connectivity index (χ1) is 13.3. The summed E-state index contributed by atoms with van der Waals surface area (Å²) in [5.41, 5.74) is 0.653. The van der Waals surface area contributed by atoms with Crippen LogP contribution < -0.4 is 15.4 Å². The number of hydrogen-bond donors (Lipinski definition) is 1. The molecule has 0 saturated carbocycles. The van der Waals surface area contributed by atoms with Crippen molar-refractivity contribution in [3.8, 4) is 5.88 Å². The highest BCUT2D eigenvalue weighted by Gasteiger charge is 2.34. The fourth-order valence-electron chi connectivity index (χ4n) is 3.03. The molecule has 10 nitrogen and oxygen atoms in total. The van der Waals surface area contributed by atoms with Crippen LogP contribution in [0.2, 0.25) is 0 Å². The Morgan fingerprint density at radius 3 is 2.93 bits per heavy atom. The molecule has 1 N–H and O–H groups in total. The van der Waals surface area contributed by atoms with Crippen molar-refractivity contribution in [1.29, 1.82) is 0 Å². The average molecular weight is 405 g/mol. The molecule has 11 heteroatoms. The van der Waals surface area contributed by atoms with Crippen molar-refractivity contribution < 1.29 is 17.6 Å². The van der Waals surface area contributed by atoms with Gasteiger partial charge in [0, 0.05) is 20.6 Å². The minimum atomic E-state index is -3.72. The number of nitrogens with one attached hydrogen (secondary N) is 1. The van der Waals surface area contributed by atoms with Gasteiger partial charge in [-0.1, -0.05) is 0 Å². The first-order valence-electron chi connectivity index (χ1n) is 8.62. The molecule has 1 atom stereocenters. The number of aromatic amines is 1. The molecule has 1 aliphatic rings. The second-order valence-electron chi connectivity index (χ2n) is 6.67. The van der Waals surface area contributed by atoms with Crippen LogP contribution in [0.4, 0.5) is 5.82 Å². The minimum Gasteiger partial charge on any atom is -0.472 e. The number of fused-ring (bicyclic) bond motifs is 1. The van der Waals surface area contributed by atoms with E-state index in [9.17, 15) is 13.2 Å². The van der Waals surface area contributed by atoms with Gasteiger partial charge in [0.2, 0.25) is 15.9 Å². The Labute approximate surface area is 160 Å². The summed E-state index contributed by atoms with van der Waals surface area (Å²) in [5.74, 6) is 0.385. The Morgan fingerprint density at radius 1 is 1.32 bits per heavy atom. The van der Waals surface area contributed by atoms with E-state index in [2.05, 4.69) is 15.0 Å². The highest BCUT2D eigenvalue weighted by atomic mass is 32.2. The van der Waals surface area contributed by atoms with Gasteiger partial charge in [-0.2, -0.15) is 9.29 Å². The summed E-state index contributed by atoms with van der Waals surface area (Å²) >= 11 is 0. The minimum absolute atomic E-state index is 0.0899. The van der Waals surface area contributed by atoms with Gasteiger partial charge in [-0.15, -0.1) is 0 Å². The lowest BCUT2D eigenvalue weighted by Crippen LogP contribution is -2.31. The van der Waals surface area contributed by atoms with Crippen molar-refractivity contribution in [2.24, 2.45) is 0 Å². The zero-order valence-electron chi connectivity index (χ0n) is 15.3. The highest BCUT2D eigenvalue weighted by Crippen LogP contribution is 2.25. The molecular formula is C17H19N5O5S. The number of hydrogen-bond acceptors (Lipinski definition) is 8. The van der Waals surface area contributed by atoms with Crippen LogP contribution in [-0.4, -0.2) is 61.0 Å². The lowest BCUT2D eigenvalue weighted by Gasteiger charge is -2.17. The Hall–Kier alpha value is -2.92. The van der Waals surface area contributed by atoms with Gasteiger partial charge in [0.15, 0.2) is 11.4 Å². The first-order valence-corrected chi connectivity index (χ1v) is 10.1. The smallest absolute Gasteiger partial charge is 0.417 e. The van der Waals surface area contributed by atoms with Crippen LogP contribution in [0.5, 0.6) is 5.88 Å².